The minimum absolute atomic E-state index is 0.274. The molecule has 2 aliphatic rings. The van der Waals surface area contributed by atoms with E-state index in [9.17, 15) is 0 Å². The molecule has 0 radical (unpaired) electrons. The molecule has 19 heavy (non-hydrogen) atoms. The van der Waals surface area contributed by atoms with Crippen molar-refractivity contribution in [1.29, 1.82) is 0 Å². The van der Waals surface area contributed by atoms with Gasteiger partial charge < -0.3 is 4.74 Å². The Morgan fingerprint density at radius 1 is 1.53 bits per heavy atom. The topological polar surface area (TPSA) is 12.5 Å². The molecule has 0 saturated carbocycles. The van der Waals surface area contributed by atoms with E-state index in [-0.39, 0.29) is 6.23 Å². The van der Waals surface area contributed by atoms with Gasteiger partial charge in [0.1, 0.15) is 5.76 Å². The molecule has 0 bridgehead atoms. The van der Waals surface area contributed by atoms with Crippen LogP contribution in [0.1, 0.15) is 32.6 Å². The number of ether oxygens (including phenoxy) is 1. The highest BCUT2D eigenvalue weighted by molar-refractivity contribution is 6.76. The van der Waals surface area contributed by atoms with Crippen LogP contribution in [0, 0.1) is 5.41 Å². The summed E-state index contributed by atoms with van der Waals surface area (Å²) in [7, 11) is -1.10. The number of fused-ring (bicyclic) bond motifs is 1. The maximum Gasteiger partial charge on any atom is 0.158 e. The Hall–Kier alpha value is -0.543. The maximum absolute atomic E-state index is 6.28. The second-order valence-corrected chi connectivity index (χ2v) is 12.8. The smallest absolute Gasteiger partial charge is 0.158 e. The SMILES string of the molecule is C=CC1=CC[C@@]2(CC)CCCN(C[Si](C)(C)C)[C@H]2O1. The van der Waals surface area contributed by atoms with Crippen LogP contribution < -0.4 is 0 Å². The van der Waals surface area contributed by atoms with E-state index in [0.717, 1.165) is 12.2 Å². The summed E-state index contributed by atoms with van der Waals surface area (Å²) >= 11 is 0. The molecular weight excluding hydrogens is 250 g/mol. The van der Waals surface area contributed by atoms with E-state index in [2.05, 4.69) is 44.1 Å². The summed E-state index contributed by atoms with van der Waals surface area (Å²) in [6, 6.07) is 0. The second-order valence-electron chi connectivity index (χ2n) is 7.34. The van der Waals surface area contributed by atoms with Crippen molar-refractivity contribution in [2.75, 3.05) is 12.7 Å². The number of allylic oxidation sites excluding steroid dienone is 2. The Balaban J connectivity index is 2.23. The third kappa shape index (κ3) is 3.14. The third-order valence-electron chi connectivity index (χ3n) is 4.52. The van der Waals surface area contributed by atoms with Gasteiger partial charge in [0.15, 0.2) is 6.23 Å². The summed E-state index contributed by atoms with van der Waals surface area (Å²) in [4.78, 5) is 2.62. The van der Waals surface area contributed by atoms with Crippen LogP contribution >= 0.6 is 0 Å². The van der Waals surface area contributed by atoms with Gasteiger partial charge in [-0.05, 0) is 44.0 Å². The van der Waals surface area contributed by atoms with E-state index in [0.29, 0.717) is 5.41 Å². The van der Waals surface area contributed by atoms with Gasteiger partial charge >= 0.3 is 0 Å². The van der Waals surface area contributed by atoms with Gasteiger partial charge in [-0.25, -0.2) is 0 Å². The number of rotatable bonds is 4. The predicted molar refractivity (Wildman–Crippen MR) is 84.6 cm³/mol. The monoisotopic (exact) mass is 279 g/mol. The molecule has 2 atom stereocenters. The fourth-order valence-electron chi connectivity index (χ4n) is 3.54. The molecule has 0 spiro atoms. The largest absolute Gasteiger partial charge is 0.475 e. The van der Waals surface area contributed by atoms with Gasteiger partial charge in [0, 0.05) is 12.0 Å². The highest BCUT2D eigenvalue weighted by Crippen LogP contribution is 2.46. The highest BCUT2D eigenvalue weighted by Gasteiger charge is 2.47. The van der Waals surface area contributed by atoms with Crippen LogP contribution in [0.25, 0.3) is 0 Å². The number of nitrogens with zero attached hydrogens (tertiary/aromatic N) is 1. The van der Waals surface area contributed by atoms with E-state index in [1.807, 2.05) is 6.08 Å². The minimum atomic E-state index is -1.10. The van der Waals surface area contributed by atoms with Crippen molar-refractivity contribution in [2.45, 2.75) is 58.5 Å². The molecule has 2 nitrogen and oxygen atoms in total. The van der Waals surface area contributed by atoms with E-state index < -0.39 is 8.07 Å². The zero-order valence-corrected chi connectivity index (χ0v) is 14.0. The van der Waals surface area contributed by atoms with Gasteiger partial charge in [0.2, 0.25) is 0 Å². The Labute approximate surface area is 119 Å². The molecule has 0 aliphatic carbocycles. The molecule has 2 rings (SSSR count). The lowest BCUT2D eigenvalue weighted by Gasteiger charge is -2.52. The first-order valence-electron chi connectivity index (χ1n) is 7.63. The van der Waals surface area contributed by atoms with Gasteiger partial charge in [-0.2, -0.15) is 0 Å². The zero-order valence-electron chi connectivity index (χ0n) is 13.0. The first-order valence-corrected chi connectivity index (χ1v) is 11.3. The first kappa shape index (κ1) is 14.9. The quantitative estimate of drug-likeness (QED) is 0.716. The highest BCUT2D eigenvalue weighted by atomic mass is 28.3. The van der Waals surface area contributed by atoms with Crippen LogP contribution in [0.5, 0.6) is 0 Å². The van der Waals surface area contributed by atoms with Crippen molar-refractivity contribution >= 4 is 8.07 Å². The van der Waals surface area contributed by atoms with Crippen LogP contribution in [0.2, 0.25) is 19.6 Å². The lowest BCUT2D eigenvalue weighted by Crippen LogP contribution is -2.58. The number of hydrogen-bond acceptors (Lipinski definition) is 2. The molecular formula is C16H29NOSi. The van der Waals surface area contributed by atoms with E-state index in [4.69, 9.17) is 4.74 Å². The van der Waals surface area contributed by atoms with Gasteiger partial charge in [-0.1, -0.05) is 33.1 Å². The van der Waals surface area contributed by atoms with Crippen molar-refractivity contribution in [2.24, 2.45) is 5.41 Å². The van der Waals surface area contributed by atoms with Crippen LogP contribution in [0.15, 0.2) is 24.5 Å². The fourth-order valence-corrected chi connectivity index (χ4v) is 5.09. The minimum Gasteiger partial charge on any atom is -0.475 e. The second kappa shape index (κ2) is 5.45. The first-order chi connectivity index (χ1) is 8.90. The standard InChI is InChI=1S/C16H29NOSi/c1-6-14-9-11-16(7-2)10-8-12-17(15(16)18-14)13-19(3,4)5/h6,9,15H,1,7-8,10-13H2,2-5H3/t15-,16+/m0/s1. The molecule has 2 heterocycles. The normalized spacial score (nSPS) is 32.2. The molecule has 0 amide bonds. The van der Waals surface area contributed by atoms with E-state index >= 15 is 0 Å². The summed E-state index contributed by atoms with van der Waals surface area (Å²) in [6.07, 6.45) is 10.6. The van der Waals surface area contributed by atoms with Gasteiger partial charge in [0.05, 0.1) is 8.07 Å². The summed E-state index contributed by atoms with van der Waals surface area (Å²) < 4.78 is 6.28. The summed E-state index contributed by atoms with van der Waals surface area (Å²) in [6.45, 7) is 14.7. The van der Waals surface area contributed by atoms with Crippen molar-refractivity contribution in [3.63, 3.8) is 0 Å². The molecule has 1 fully saturated rings. The summed E-state index contributed by atoms with van der Waals surface area (Å²) in [5, 5.41) is 0. The average Bonchev–Trinajstić information content (AvgIpc) is 2.37. The molecule has 0 aromatic heterocycles. The third-order valence-corrected chi connectivity index (χ3v) is 5.87. The molecule has 1 saturated heterocycles. The molecule has 0 aromatic rings. The van der Waals surface area contributed by atoms with Gasteiger partial charge in [0.25, 0.3) is 0 Å². The van der Waals surface area contributed by atoms with E-state index in [1.165, 1.54) is 32.0 Å². The van der Waals surface area contributed by atoms with Crippen molar-refractivity contribution < 1.29 is 4.74 Å². The molecule has 0 N–H and O–H groups in total. The Bertz CT molecular complexity index is 371. The molecule has 108 valence electrons. The van der Waals surface area contributed by atoms with Crippen molar-refractivity contribution in [1.82, 2.24) is 4.90 Å². The Kier molecular flexibility index (Phi) is 4.26. The van der Waals surface area contributed by atoms with Crippen molar-refractivity contribution in [3.05, 3.63) is 24.5 Å². The molecule has 2 aliphatic heterocycles. The van der Waals surface area contributed by atoms with Crippen molar-refractivity contribution in [3.8, 4) is 0 Å². The zero-order chi connectivity index (χ0) is 14.1. The van der Waals surface area contributed by atoms with Crippen LogP contribution in [-0.4, -0.2) is 31.9 Å². The Morgan fingerprint density at radius 2 is 2.26 bits per heavy atom. The fraction of sp³-hybridized carbons (Fsp3) is 0.750. The number of hydrogen-bond donors (Lipinski definition) is 0. The predicted octanol–water partition coefficient (Wildman–Crippen LogP) is 4.17. The van der Waals surface area contributed by atoms with Crippen LogP contribution in [0.3, 0.4) is 0 Å². The lowest BCUT2D eigenvalue weighted by atomic mass is 9.72. The number of piperidine rings is 1. The molecule has 0 unspecified atom stereocenters. The van der Waals surface area contributed by atoms with Crippen LogP contribution in [0.4, 0.5) is 0 Å². The Morgan fingerprint density at radius 3 is 2.84 bits per heavy atom. The summed E-state index contributed by atoms with van der Waals surface area (Å²) in [5.41, 5.74) is 0.338. The van der Waals surface area contributed by atoms with Gasteiger partial charge in [-0.15, -0.1) is 0 Å². The number of likely N-dealkylation sites (tertiary alicyclic amines) is 1. The molecule has 3 heteroatoms. The van der Waals surface area contributed by atoms with E-state index in [1.54, 1.807) is 0 Å². The van der Waals surface area contributed by atoms with Gasteiger partial charge in [-0.3, -0.25) is 4.90 Å². The lowest BCUT2D eigenvalue weighted by molar-refractivity contribution is -0.138. The maximum atomic E-state index is 6.28. The van der Waals surface area contributed by atoms with Crippen LogP contribution in [-0.2, 0) is 4.74 Å². The molecule has 0 aromatic carbocycles. The average molecular weight is 279 g/mol. The summed E-state index contributed by atoms with van der Waals surface area (Å²) in [5.74, 6) is 0.983.